The minimum absolute atomic E-state index is 0.0775. The van der Waals surface area contributed by atoms with Crippen LogP contribution >= 0.6 is 23.2 Å². The van der Waals surface area contributed by atoms with Crippen molar-refractivity contribution >= 4 is 34.9 Å². The van der Waals surface area contributed by atoms with Gasteiger partial charge in [0.25, 0.3) is 0 Å². The first-order chi connectivity index (χ1) is 15.1. The Kier molecular flexibility index (Phi) is 5.30. The predicted octanol–water partition coefficient (Wildman–Crippen LogP) is 3.92. The van der Waals surface area contributed by atoms with Crippen molar-refractivity contribution in [2.24, 2.45) is 5.73 Å². The van der Waals surface area contributed by atoms with Gasteiger partial charge in [0, 0.05) is 18.0 Å². The smallest absolute Gasteiger partial charge is 0.369 e. The zero-order valence-corrected chi connectivity index (χ0v) is 17.6. The van der Waals surface area contributed by atoms with Gasteiger partial charge in [-0.05, 0) is 25.0 Å². The Labute approximate surface area is 189 Å². The summed E-state index contributed by atoms with van der Waals surface area (Å²) >= 11 is 12.4. The van der Waals surface area contributed by atoms with E-state index in [2.05, 4.69) is 20.4 Å². The van der Waals surface area contributed by atoms with Crippen LogP contribution in [0.4, 0.5) is 19.0 Å². The van der Waals surface area contributed by atoms with E-state index in [-0.39, 0.29) is 39.4 Å². The highest BCUT2D eigenvalue weighted by molar-refractivity contribution is 6.38. The van der Waals surface area contributed by atoms with Gasteiger partial charge < -0.3 is 16.0 Å². The summed E-state index contributed by atoms with van der Waals surface area (Å²) in [5.41, 5.74) is 3.50. The van der Waals surface area contributed by atoms with Crippen LogP contribution in [0.25, 0.3) is 5.69 Å². The second-order valence-electron chi connectivity index (χ2n) is 7.22. The highest BCUT2D eigenvalue weighted by Crippen LogP contribution is 2.52. The molecule has 1 amide bonds. The molecule has 0 atom stereocenters. The normalized spacial score (nSPS) is 14.8. The molecule has 1 aliphatic carbocycles. The molecule has 4 N–H and O–H groups in total. The number of carbonyl (C=O) groups excluding carboxylic acids is 1. The molecule has 13 heteroatoms. The number of benzene rings is 1. The number of H-pyrrole nitrogens is 1. The Morgan fingerprint density at radius 3 is 2.47 bits per heavy atom. The van der Waals surface area contributed by atoms with Crippen LogP contribution in [0, 0.1) is 11.3 Å². The number of nitrogens with two attached hydrogens (primary N) is 1. The molecule has 0 spiro atoms. The van der Waals surface area contributed by atoms with Crippen molar-refractivity contribution in [3.63, 3.8) is 0 Å². The minimum atomic E-state index is -4.66. The van der Waals surface area contributed by atoms with Crippen molar-refractivity contribution in [3.8, 4) is 11.8 Å². The summed E-state index contributed by atoms with van der Waals surface area (Å²) in [5, 5.41) is 16.3. The topological polar surface area (TPSA) is 125 Å². The van der Waals surface area contributed by atoms with E-state index in [1.54, 1.807) is 6.20 Å². The number of aromatic nitrogens is 4. The SMILES string of the molecule is N#Cc1nn(-c2c(Cl)cc(C(F)(F)F)cc2Cl)c(NCc2ncc[nH]2)c1C1(C(N)=O)CC1. The molecule has 32 heavy (non-hydrogen) atoms. The number of amides is 1. The van der Waals surface area contributed by atoms with Crippen LogP contribution in [-0.2, 0) is 22.9 Å². The lowest BCUT2D eigenvalue weighted by Crippen LogP contribution is -2.29. The highest BCUT2D eigenvalue weighted by atomic mass is 35.5. The second-order valence-corrected chi connectivity index (χ2v) is 8.03. The number of hydrogen-bond acceptors (Lipinski definition) is 5. The van der Waals surface area contributed by atoms with E-state index < -0.39 is 23.1 Å². The van der Waals surface area contributed by atoms with E-state index in [0.717, 1.165) is 4.68 Å². The predicted molar refractivity (Wildman–Crippen MR) is 109 cm³/mol. The second kappa shape index (κ2) is 7.72. The molecule has 2 aromatic heterocycles. The number of nitriles is 1. The van der Waals surface area contributed by atoms with E-state index >= 15 is 0 Å². The lowest BCUT2D eigenvalue weighted by Gasteiger charge is -2.17. The maximum absolute atomic E-state index is 13.2. The molecule has 0 saturated heterocycles. The van der Waals surface area contributed by atoms with Crippen LogP contribution in [0.1, 0.15) is 35.5 Å². The zero-order valence-electron chi connectivity index (χ0n) is 16.1. The number of aromatic amines is 1. The molecule has 166 valence electrons. The quantitative estimate of drug-likeness (QED) is 0.489. The first-order valence-electron chi connectivity index (χ1n) is 9.20. The van der Waals surface area contributed by atoms with Crippen molar-refractivity contribution in [3.05, 3.63) is 57.2 Å². The highest BCUT2D eigenvalue weighted by Gasteiger charge is 2.54. The number of rotatable bonds is 6. The maximum atomic E-state index is 13.2. The van der Waals surface area contributed by atoms with Gasteiger partial charge in [-0.1, -0.05) is 23.2 Å². The molecule has 0 unspecified atom stereocenters. The van der Waals surface area contributed by atoms with Crippen LogP contribution in [0.3, 0.4) is 0 Å². The number of nitrogens with zero attached hydrogens (tertiary/aromatic N) is 4. The van der Waals surface area contributed by atoms with Crippen molar-refractivity contribution in [2.45, 2.75) is 31.0 Å². The van der Waals surface area contributed by atoms with Crippen molar-refractivity contribution in [2.75, 3.05) is 5.32 Å². The summed E-state index contributed by atoms with van der Waals surface area (Å²) < 4.78 is 40.6. The Morgan fingerprint density at radius 2 is 2.00 bits per heavy atom. The number of alkyl halides is 3. The summed E-state index contributed by atoms with van der Waals surface area (Å²) in [6.07, 6.45) is -0.737. The third-order valence-electron chi connectivity index (χ3n) is 5.23. The van der Waals surface area contributed by atoms with Gasteiger partial charge in [0.05, 0.1) is 27.6 Å². The van der Waals surface area contributed by atoms with Crippen LogP contribution < -0.4 is 11.1 Å². The molecule has 1 aliphatic rings. The summed E-state index contributed by atoms with van der Waals surface area (Å²) in [6, 6.07) is 3.36. The average Bonchev–Trinajstić information content (AvgIpc) is 3.19. The fraction of sp³-hybridized carbons (Fsp3) is 0.263. The van der Waals surface area contributed by atoms with Crippen LogP contribution in [-0.4, -0.2) is 25.7 Å². The monoisotopic (exact) mass is 483 g/mol. The summed E-state index contributed by atoms with van der Waals surface area (Å²) in [7, 11) is 0. The maximum Gasteiger partial charge on any atom is 0.416 e. The van der Waals surface area contributed by atoms with Crippen molar-refractivity contribution in [1.29, 1.82) is 5.26 Å². The average molecular weight is 484 g/mol. The van der Waals surface area contributed by atoms with Crippen LogP contribution in [0.2, 0.25) is 10.0 Å². The Morgan fingerprint density at radius 1 is 1.34 bits per heavy atom. The van der Waals surface area contributed by atoms with E-state index in [1.165, 1.54) is 6.20 Å². The molecule has 0 bridgehead atoms. The third-order valence-corrected chi connectivity index (χ3v) is 5.80. The molecule has 1 aromatic carbocycles. The van der Waals surface area contributed by atoms with Gasteiger partial charge in [-0.25, -0.2) is 9.67 Å². The Bertz CT molecular complexity index is 1220. The van der Waals surface area contributed by atoms with Crippen molar-refractivity contribution in [1.82, 2.24) is 19.7 Å². The molecule has 0 aliphatic heterocycles. The van der Waals surface area contributed by atoms with Gasteiger partial charge >= 0.3 is 6.18 Å². The number of nitrogens with one attached hydrogen (secondary N) is 2. The van der Waals surface area contributed by atoms with E-state index in [1.807, 2.05) is 6.07 Å². The number of anilines is 1. The lowest BCUT2D eigenvalue weighted by molar-refractivity contribution is -0.137. The van der Waals surface area contributed by atoms with Crippen LogP contribution in [0.5, 0.6) is 0 Å². The molecular weight excluding hydrogens is 470 g/mol. The van der Waals surface area contributed by atoms with Gasteiger partial charge in [-0.3, -0.25) is 4.79 Å². The minimum Gasteiger partial charge on any atom is -0.369 e. The largest absolute Gasteiger partial charge is 0.416 e. The van der Waals surface area contributed by atoms with Gasteiger partial charge in [0.15, 0.2) is 5.69 Å². The summed E-state index contributed by atoms with van der Waals surface area (Å²) in [4.78, 5) is 19.2. The van der Waals surface area contributed by atoms with Crippen molar-refractivity contribution < 1.29 is 18.0 Å². The molecule has 2 heterocycles. The molecule has 1 saturated carbocycles. The molecule has 4 rings (SSSR count). The zero-order chi connectivity index (χ0) is 23.3. The van der Waals surface area contributed by atoms with Gasteiger partial charge in [-0.15, -0.1) is 0 Å². The van der Waals surface area contributed by atoms with Gasteiger partial charge in [-0.2, -0.15) is 23.5 Å². The first-order valence-corrected chi connectivity index (χ1v) is 9.96. The van der Waals surface area contributed by atoms with E-state index in [9.17, 15) is 23.2 Å². The number of primary amides is 1. The molecule has 3 aromatic rings. The molecule has 0 radical (unpaired) electrons. The number of hydrogen-bond donors (Lipinski definition) is 3. The summed E-state index contributed by atoms with van der Waals surface area (Å²) in [5.74, 6) is 0.0489. The number of halogens is 5. The summed E-state index contributed by atoms with van der Waals surface area (Å²) in [6.45, 7) is 0.126. The molecule has 8 nitrogen and oxygen atoms in total. The fourth-order valence-corrected chi connectivity index (χ4v) is 4.16. The van der Waals surface area contributed by atoms with Gasteiger partial charge in [0.1, 0.15) is 23.4 Å². The standard InChI is InChI=1S/C19H14Cl2F3N7O/c20-10-5-9(19(22,23)24)6-11(21)15(10)31-16(29-8-13-27-3-4-28-13)14(12(7-25)30-31)18(1-2-18)17(26)32/h3-6,29H,1-2,8H2,(H2,26,32)(H,27,28). The number of carbonyl (C=O) groups is 1. The van der Waals surface area contributed by atoms with E-state index in [4.69, 9.17) is 28.9 Å². The Hall–Kier alpha value is -3.23. The molecule has 1 fully saturated rings. The van der Waals surface area contributed by atoms with E-state index in [0.29, 0.717) is 30.8 Å². The Balaban J connectivity index is 1.92. The lowest BCUT2D eigenvalue weighted by atomic mass is 9.94. The first kappa shape index (κ1) is 22.0. The fourth-order valence-electron chi connectivity index (χ4n) is 3.51. The third kappa shape index (κ3) is 3.65. The molecular formula is C19H14Cl2F3N7O. The van der Waals surface area contributed by atoms with Crippen LogP contribution in [0.15, 0.2) is 24.5 Å². The number of imidazole rings is 1. The van der Waals surface area contributed by atoms with Gasteiger partial charge in [0.2, 0.25) is 5.91 Å².